The van der Waals surface area contributed by atoms with Gasteiger partial charge in [-0.25, -0.2) is 0 Å². The van der Waals surface area contributed by atoms with Crippen LogP contribution in [-0.2, 0) is 4.74 Å². The Hall–Kier alpha value is -0.460. The second-order valence-corrected chi connectivity index (χ2v) is 2.80. The highest BCUT2D eigenvalue weighted by Gasteiger charge is 2.92. The van der Waals surface area contributed by atoms with Crippen LogP contribution in [0.5, 0.6) is 0 Å². The van der Waals surface area contributed by atoms with Gasteiger partial charge in [0.2, 0.25) is 0 Å². The quantitative estimate of drug-likeness (QED) is 0.420. The summed E-state index contributed by atoms with van der Waals surface area (Å²) in [4.78, 5) is 0. The molecule has 0 amide bonds. The standard InChI is InChI=1S/C5H2F6O/c6-3(7)1-2(12-1)4(8,9)5(3,10)11/h1-2H/t1-,2+. The van der Waals surface area contributed by atoms with Crippen LogP contribution in [0.4, 0.5) is 26.3 Å². The minimum absolute atomic E-state index is 2.32. The van der Waals surface area contributed by atoms with Crippen LogP contribution < -0.4 is 0 Å². The molecule has 2 rings (SSSR count). The highest BCUT2D eigenvalue weighted by Crippen LogP contribution is 2.64. The summed E-state index contributed by atoms with van der Waals surface area (Å²) in [7, 11) is 0. The number of hydrogen-bond acceptors (Lipinski definition) is 1. The van der Waals surface area contributed by atoms with Crippen LogP contribution in [0.3, 0.4) is 0 Å². The van der Waals surface area contributed by atoms with Gasteiger partial charge in [0.15, 0.2) is 12.2 Å². The molecule has 0 spiro atoms. The Labute approximate surface area is 62.3 Å². The second-order valence-electron chi connectivity index (χ2n) is 2.80. The summed E-state index contributed by atoms with van der Waals surface area (Å²) in [6.45, 7) is 0. The lowest BCUT2D eigenvalue weighted by Crippen LogP contribution is -2.51. The molecular weight excluding hydrogens is 190 g/mol. The number of epoxide rings is 1. The van der Waals surface area contributed by atoms with Crippen molar-refractivity contribution >= 4 is 0 Å². The Bertz CT molecular complexity index is 214. The van der Waals surface area contributed by atoms with Crippen LogP contribution in [0, 0.1) is 0 Å². The molecule has 7 heteroatoms. The van der Waals surface area contributed by atoms with Crippen molar-refractivity contribution in [2.45, 2.75) is 30.0 Å². The number of halogens is 6. The molecule has 0 unspecified atom stereocenters. The molecule has 12 heavy (non-hydrogen) atoms. The molecule has 70 valence electrons. The zero-order valence-electron chi connectivity index (χ0n) is 5.33. The Kier molecular flexibility index (Phi) is 1.08. The number of ether oxygens (including phenoxy) is 1. The first-order chi connectivity index (χ1) is 5.23. The summed E-state index contributed by atoms with van der Waals surface area (Å²) >= 11 is 0. The van der Waals surface area contributed by atoms with Gasteiger partial charge in [-0.05, 0) is 0 Å². The van der Waals surface area contributed by atoms with Crippen molar-refractivity contribution in [1.82, 2.24) is 0 Å². The lowest BCUT2D eigenvalue weighted by Gasteiger charge is -2.25. The predicted molar refractivity (Wildman–Crippen MR) is 23.5 cm³/mol. The summed E-state index contributed by atoms with van der Waals surface area (Å²) in [6.07, 6.45) is -4.63. The number of alkyl halides is 6. The molecule has 1 saturated carbocycles. The maximum Gasteiger partial charge on any atom is 0.377 e. The van der Waals surface area contributed by atoms with E-state index in [9.17, 15) is 26.3 Å². The molecule has 2 fully saturated rings. The Morgan fingerprint density at radius 1 is 0.750 bits per heavy atom. The fourth-order valence-electron chi connectivity index (χ4n) is 1.24. The topological polar surface area (TPSA) is 12.5 Å². The average Bonchev–Trinajstić information content (AvgIpc) is 2.60. The molecule has 0 radical (unpaired) electrons. The van der Waals surface area contributed by atoms with Crippen LogP contribution in [0.25, 0.3) is 0 Å². The zero-order valence-corrected chi connectivity index (χ0v) is 5.33. The predicted octanol–water partition coefficient (Wildman–Crippen LogP) is 1.67. The first-order valence-electron chi connectivity index (χ1n) is 3.02. The van der Waals surface area contributed by atoms with Crippen LogP contribution >= 0.6 is 0 Å². The van der Waals surface area contributed by atoms with E-state index < -0.39 is 30.0 Å². The van der Waals surface area contributed by atoms with E-state index in [1.165, 1.54) is 0 Å². The minimum Gasteiger partial charge on any atom is -0.356 e. The molecule has 0 bridgehead atoms. The van der Waals surface area contributed by atoms with Gasteiger partial charge >= 0.3 is 17.8 Å². The molecule has 2 aliphatic rings. The lowest BCUT2D eigenvalue weighted by molar-refractivity contribution is -0.303. The molecule has 1 nitrogen and oxygen atoms in total. The van der Waals surface area contributed by atoms with E-state index in [1.807, 2.05) is 0 Å². The first kappa shape index (κ1) is 8.15. The zero-order chi connectivity index (χ0) is 9.36. The number of hydrogen-bond donors (Lipinski definition) is 0. The average molecular weight is 192 g/mol. The largest absolute Gasteiger partial charge is 0.377 e. The van der Waals surface area contributed by atoms with Crippen molar-refractivity contribution in [2.24, 2.45) is 0 Å². The molecule has 1 aliphatic heterocycles. The summed E-state index contributed by atoms with van der Waals surface area (Å²) in [5.74, 6) is -14.8. The van der Waals surface area contributed by atoms with Crippen molar-refractivity contribution < 1.29 is 31.1 Å². The van der Waals surface area contributed by atoms with Crippen LogP contribution in [0.15, 0.2) is 0 Å². The third kappa shape index (κ3) is 0.551. The van der Waals surface area contributed by atoms with Gasteiger partial charge in [-0.1, -0.05) is 0 Å². The first-order valence-corrected chi connectivity index (χ1v) is 3.02. The van der Waals surface area contributed by atoms with Crippen molar-refractivity contribution in [3.63, 3.8) is 0 Å². The van der Waals surface area contributed by atoms with Crippen molar-refractivity contribution in [3.8, 4) is 0 Å². The van der Waals surface area contributed by atoms with E-state index in [0.717, 1.165) is 0 Å². The smallest absolute Gasteiger partial charge is 0.356 e. The van der Waals surface area contributed by atoms with Gasteiger partial charge < -0.3 is 4.74 Å². The molecule has 1 saturated heterocycles. The van der Waals surface area contributed by atoms with Gasteiger partial charge in [0, 0.05) is 0 Å². The van der Waals surface area contributed by atoms with Gasteiger partial charge in [-0.2, -0.15) is 26.3 Å². The molecule has 0 aromatic heterocycles. The molecule has 0 aromatic carbocycles. The van der Waals surface area contributed by atoms with Gasteiger partial charge in [-0.3, -0.25) is 0 Å². The molecule has 0 N–H and O–H groups in total. The lowest BCUT2D eigenvalue weighted by atomic mass is 10.2. The van der Waals surface area contributed by atoms with E-state index in [4.69, 9.17) is 0 Å². The van der Waals surface area contributed by atoms with Crippen molar-refractivity contribution in [3.05, 3.63) is 0 Å². The van der Waals surface area contributed by atoms with Crippen LogP contribution in [0.2, 0.25) is 0 Å². The molecular formula is C5H2F6O. The molecule has 1 heterocycles. The normalized spacial score (nSPS) is 45.5. The summed E-state index contributed by atoms with van der Waals surface area (Å²) in [5, 5.41) is 0. The fraction of sp³-hybridized carbons (Fsp3) is 1.00. The Balaban J connectivity index is 2.45. The second kappa shape index (κ2) is 1.59. The molecule has 1 aliphatic carbocycles. The van der Waals surface area contributed by atoms with E-state index in [2.05, 4.69) is 4.74 Å². The SMILES string of the molecule is FC1(F)[C@@H]2O[C@@H]2C(F)(F)C1(F)F. The summed E-state index contributed by atoms with van der Waals surface area (Å²) in [6, 6.07) is 0. The van der Waals surface area contributed by atoms with Gasteiger partial charge in [-0.15, -0.1) is 0 Å². The summed E-state index contributed by atoms with van der Waals surface area (Å²) < 4.78 is 77.3. The van der Waals surface area contributed by atoms with E-state index in [1.54, 1.807) is 0 Å². The highest BCUT2D eigenvalue weighted by atomic mass is 19.3. The van der Waals surface area contributed by atoms with E-state index in [-0.39, 0.29) is 0 Å². The Morgan fingerprint density at radius 3 is 1.25 bits per heavy atom. The van der Waals surface area contributed by atoms with Crippen LogP contribution in [0.1, 0.15) is 0 Å². The van der Waals surface area contributed by atoms with Crippen LogP contribution in [-0.4, -0.2) is 30.0 Å². The third-order valence-electron chi connectivity index (χ3n) is 2.04. The van der Waals surface area contributed by atoms with Gasteiger partial charge in [0.05, 0.1) is 0 Å². The van der Waals surface area contributed by atoms with E-state index in [0.29, 0.717) is 0 Å². The highest BCUT2D eigenvalue weighted by molar-refractivity contribution is 5.22. The minimum atomic E-state index is -5.28. The fourth-order valence-corrected chi connectivity index (χ4v) is 1.24. The van der Waals surface area contributed by atoms with Gasteiger partial charge in [0.25, 0.3) is 0 Å². The maximum absolute atomic E-state index is 12.3. The number of fused-ring (bicyclic) bond motifs is 1. The Morgan fingerprint density at radius 2 is 1.08 bits per heavy atom. The van der Waals surface area contributed by atoms with Gasteiger partial charge in [0.1, 0.15) is 0 Å². The monoisotopic (exact) mass is 192 g/mol. The number of rotatable bonds is 0. The van der Waals surface area contributed by atoms with E-state index >= 15 is 0 Å². The summed E-state index contributed by atoms with van der Waals surface area (Å²) in [5.41, 5.74) is 0. The maximum atomic E-state index is 12.3. The molecule has 0 aromatic rings. The third-order valence-corrected chi connectivity index (χ3v) is 2.04. The van der Waals surface area contributed by atoms with Crippen molar-refractivity contribution in [1.29, 1.82) is 0 Å². The van der Waals surface area contributed by atoms with Crippen molar-refractivity contribution in [2.75, 3.05) is 0 Å². The molecule has 2 atom stereocenters.